The van der Waals surface area contributed by atoms with E-state index in [0.717, 1.165) is 11.4 Å². The SMILES string of the molecule is CNC(c1cccc(OC(F)(F)F)c1)c1cccc(C)n1. The predicted molar refractivity (Wildman–Crippen MR) is 73.0 cm³/mol. The Labute approximate surface area is 120 Å². The van der Waals surface area contributed by atoms with E-state index in [-0.39, 0.29) is 11.8 Å². The molecule has 0 amide bonds. The molecule has 0 saturated heterocycles. The summed E-state index contributed by atoms with van der Waals surface area (Å²) in [7, 11) is 1.73. The number of nitrogens with one attached hydrogen (secondary N) is 1. The predicted octanol–water partition coefficient (Wildman–Crippen LogP) is 3.60. The van der Waals surface area contributed by atoms with Crippen LogP contribution in [0.1, 0.15) is 23.0 Å². The van der Waals surface area contributed by atoms with E-state index >= 15 is 0 Å². The van der Waals surface area contributed by atoms with Crippen molar-refractivity contribution in [1.82, 2.24) is 10.3 Å². The van der Waals surface area contributed by atoms with E-state index in [1.807, 2.05) is 25.1 Å². The number of hydrogen-bond acceptors (Lipinski definition) is 3. The normalized spacial score (nSPS) is 13.0. The van der Waals surface area contributed by atoms with Gasteiger partial charge >= 0.3 is 6.36 Å². The second-order valence-corrected chi connectivity index (χ2v) is 4.55. The van der Waals surface area contributed by atoms with Gasteiger partial charge in [0.1, 0.15) is 5.75 Å². The monoisotopic (exact) mass is 296 g/mol. The van der Waals surface area contributed by atoms with Crippen LogP contribution < -0.4 is 10.1 Å². The van der Waals surface area contributed by atoms with Crippen molar-refractivity contribution < 1.29 is 17.9 Å². The minimum Gasteiger partial charge on any atom is -0.406 e. The molecule has 6 heteroatoms. The number of aryl methyl sites for hydroxylation is 1. The van der Waals surface area contributed by atoms with E-state index in [0.29, 0.717) is 5.56 Å². The van der Waals surface area contributed by atoms with Gasteiger partial charge in [0.15, 0.2) is 0 Å². The summed E-state index contributed by atoms with van der Waals surface area (Å²) < 4.78 is 40.8. The Morgan fingerprint density at radius 3 is 2.48 bits per heavy atom. The first-order valence-electron chi connectivity index (χ1n) is 6.35. The number of alkyl halides is 3. The molecule has 0 aliphatic carbocycles. The third kappa shape index (κ3) is 4.19. The molecule has 112 valence electrons. The molecule has 1 aromatic carbocycles. The number of rotatable bonds is 4. The largest absolute Gasteiger partial charge is 0.573 e. The minimum absolute atomic E-state index is 0.243. The molecule has 0 radical (unpaired) electrons. The molecule has 1 N–H and O–H groups in total. The average molecular weight is 296 g/mol. The Hall–Kier alpha value is -2.08. The van der Waals surface area contributed by atoms with E-state index in [9.17, 15) is 13.2 Å². The summed E-state index contributed by atoms with van der Waals surface area (Å²) in [4.78, 5) is 4.40. The first-order valence-corrected chi connectivity index (χ1v) is 6.35. The van der Waals surface area contributed by atoms with Gasteiger partial charge in [-0.1, -0.05) is 18.2 Å². The lowest BCUT2D eigenvalue weighted by molar-refractivity contribution is -0.274. The lowest BCUT2D eigenvalue weighted by Crippen LogP contribution is -2.20. The van der Waals surface area contributed by atoms with Gasteiger partial charge in [-0.05, 0) is 43.8 Å². The number of pyridine rings is 1. The molecule has 0 bridgehead atoms. The third-order valence-corrected chi connectivity index (χ3v) is 2.92. The third-order valence-electron chi connectivity index (χ3n) is 2.92. The van der Waals surface area contributed by atoms with Crippen molar-refractivity contribution >= 4 is 0 Å². The molecule has 0 aliphatic rings. The van der Waals surface area contributed by atoms with Gasteiger partial charge in [0.25, 0.3) is 0 Å². The van der Waals surface area contributed by atoms with Crippen molar-refractivity contribution in [2.24, 2.45) is 0 Å². The molecule has 2 aromatic rings. The molecule has 0 fully saturated rings. The van der Waals surface area contributed by atoms with Crippen LogP contribution >= 0.6 is 0 Å². The van der Waals surface area contributed by atoms with Crippen molar-refractivity contribution in [3.8, 4) is 5.75 Å². The Morgan fingerprint density at radius 1 is 1.14 bits per heavy atom. The summed E-state index contributed by atoms with van der Waals surface area (Å²) in [6, 6.07) is 11.1. The Morgan fingerprint density at radius 2 is 1.86 bits per heavy atom. The first-order chi connectivity index (χ1) is 9.89. The molecule has 21 heavy (non-hydrogen) atoms. The lowest BCUT2D eigenvalue weighted by atomic mass is 10.0. The number of benzene rings is 1. The highest BCUT2D eigenvalue weighted by Gasteiger charge is 2.31. The van der Waals surface area contributed by atoms with Crippen molar-refractivity contribution in [2.75, 3.05) is 7.05 Å². The summed E-state index contributed by atoms with van der Waals surface area (Å²) in [6.07, 6.45) is -4.70. The van der Waals surface area contributed by atoms with E-state index < -0.39 is 6.36 Å². The highest BCUT2D eigenvalue weighted by Crippen LogP contribution is 2.27. The van der Waals surface area contributed by atoms with Crippen molar-refractivity contribution in [1.29, 1.82) is 0 Å². The van der Waals surface area contributed by atoms with E-state index in [2.05, 4.69) is 15.0 Å². The van der Waals surface area contributed by atoms with Gasteiger partial charge in [-0.15, -0.1) is 13.2 Å². The van der Waals surface area contributed by atoms with Crippen LogP contribution in [0.15, 0.2) is 42.5 Å². The Bertz CT molecular complexity index is 614. The number of nitrogens with zero attached hydrogens (tertiary/aromatic N) is 1. The van der Waals surface area contributed by atoms with Gasteiger partial charge < -0.3 is 10.1 Å². The standard InChI is InChI=1S/C15H15F3N2O/c1-10-5-3-8-13(20-10)14(19-2)11-6-4-7-12(9-11)21-15(16,17)18/h3-9,14,19H,1-2H3. The average Bonchev–Trinajstić information content (AvgIpc) is 2.38. The maximum atomic E-state index is 12.3. The van der Waals surface area contributed by atoms with Crippen molar-refractivity contribution in [3.05, 3.63) is 59.4 Å². The van der Waals surface area contributed by atoms with Gasteiger partial charge in [0.2, 0.25) is 0 Å². The quantitative estimate of drug-likeness (QED) is 0.936. The molecule has 0 saturated carbocycles. The molecular weight excluding hydrogens is 281 g/mol. The van der Waals surface area contributed by atoms with Crippen LogP contribution in [-0.2, 0) is 0 Å². The molecule has 3 nitrogen and oxygen atoms in total. The first kappa shape index (κ1) is 15.3. The molecule has 0 spiro atoms. The molecule has 1 heterocycles. The van der Waals surface area contributed by atoms with Crippen LogP contribution in [0, 0.1) is 6.92 Å². The van der Waals surface area contributed by atoms with Crippen LogP contribution in [0.4, 0.5) is 13.2 Å². The summed E-state index contributed by atoms with van der Waals surface area (Å²) in [5.41, 5.74) is 2.23. The highest BCUT2D eigenvalue weighted by atomic mass is 19.4. The number of hydrogen-bond donors (Lipinski definition) is 1. The van der Waals surface area contributed by atoms with Crippen LogP contribution in [0.25, 0.3) is 0 Å². The fraction of sp³-hybridized carbons (Fsp3) is 0.267. The van der Waals surface area contributed by atoms with E-state index in [1.165, 1.54) is 18.2 Å². The van der Waals surface area contributed by atoms with Gasteiger partial charge in [0, 0.05) is 5.69 Å². The second-order valence-electron chi connectivity index (χ2n) is 4.55. The summed E-state index contributed by atoms with van der Waals surface area (Å²) in [5, 5.41) is 3.05. The smallest absolute Gasteiger partial charge is 0.406 e. The van der Waals surface area contributed by atoms with E-state index in [4.69, 9.17) is 0 Å². The second kappa shape index (κ2) is 6.13. The summed E-state index contributed by atoms with van der Waals surface area (Å²) in [5.74, 6) is -0.243. The fourth-order valence-corrected chi connectivity index (χ4v) is 2.10. The Balaban J connectivity index is 2.32. The summed E-state index contributed by atoms with van der Waals surface area (Å²) in [6.45, 7) is 1.86. The molecule has 1 atom stereocenters. The van der Waals surface area contributed by atoms with Crippen LogP contribution in [-0.4, -0.2) is 18.4 Å². The maximum absolute atomic E-state index is 12.3. The van der Waals surface area contributed by atoms with Crippen LogP contribution in [0.2, 0.25) is 0 Å². The van der Waals surface area contributed by atoms with Crippen LogP contribution in [0.3, 0.4) is 0 Å². The summed E-state index contributed by atoms with van der Waals surface area (Å²) >= 11 is 0. The van der Waals surface area contributed by atoms with Crippen molar-refractivity contribution in [3.63, 3.8) is 0 Å². The number of ether oxygens (including phenoxy) is 1. The van der Waals surface area contributed by atoms with Crippen LogP contribution in [0.5, 0.6) is 5.75 Å². The zero-order chi connectivity index (χ0) is 15.5. The zero-order valence-corrected chi connectivity index (χ0v) is 11.6. The minimum atomic E-state index is -4.70. The molecule has 0 aliphatic heterocycles. The maximum Gasteiger partial charge on any atom is 0.573 e. The highest BCUT2D eigenvalue weighted by molar-refractivity contribution is 5.35. The van der Waals surface area contributed by atoms with Gasteiger partial charge in [0.05, 0.1) is 11.7 Å². The molecule has 1 aromatic heterocycles. The fourth-order valence-electron chi connectivity index (χ4n) is 2.10. The topological polar surface area (TPSA) is 34.1 Å². The van der Waals surface area contributed by atoms with Gasteiger partial charge in [-0.25, -0.2) is 0 Å². The van der Waals surface area contributed by atoms with Gasteiger partial charge in [-0.2, -0.15) is 0 Å². The molecular formula is C15H15F3N2O. The van der Waals surface area contributed by atoms with E-state index in [1.54, 1.807) is 13.1 Å². The van der Waals surface area contributed by atoms with Gasteiger partial charge in [-0.3, -0.25) is 4.98 Å². The number of halogens is 3. The zero-order valence-electron chi connectivity index (χ0n) is 11.6. The number of aromatic nitrogens is 1. The molecule has 2 rings (SSSR count). The Kier molecular flexibility index (Phi) is 4.47. The lowest BCUT2D eigenvalue weighted by Gasteiger charge is -2.18. The molecule has 1 unspecified atom stereocenters. The van der Waals surface area contributed by atoms with Crippen molar-refractivity contribution in [2.45, 2.75) is 19.3 Å².